The summed E-state index contributed by atoms with van der Waals surface area (Å²) in [6.45, 7) is 4.38. The van der Waals surface area contributed by atoms with Crippen molar-refractivity contribution in [3.8, 4) is 0 Å². The average Bonchev–Trinajstić information content (AvgIpc) is 2.35. The summed E-state index contributed by atoms with van der Waals surface area (Å²) in [6.07, 6.45) is 6.91. The maximum atomic E-state index is 9.60. The summed E-state index contributed by atoms with van der Waals surface area (Å²) >= 11 is 0. The highest BCUT2D eigenvalue weighted by molar-refractivity contribution is 5.22. The van der Waals surface area contributed by atoms with Crippen LogP contribution in [0.3, 0.4) is 0 Å². The molecule has 0 saturated carbocycles. The molecule has 70 valence electrons. The lowest BCUT2D eigenvalue weighted by Crippen LogP contribution is -2.04. The van der Waals surface area contributed by atoms with E-state index in [0.29, 0.717) is 0 Å². The lowest BCUT2D eigenvalue weighted by Gasteiger charge is -2.08. The number of allylic oxidation sites excluding steroid dienone is 1. The van der Waals surface area contributed by atoms with Gasteiger partial charge in [-0.2, -0.15) is 0 Å². The Balaban J connectivity index is 2.34. The topological polar surface area (TPSA) is 20.2 Å². The minimum absolute atomic E-state index is 0.109. The summed E-state index contributed by atoms with van der Waals surface area (Å²) in [6, 6.07) is 0. The van der Waals surface area contributed by atoms with Gasteiger partial charge in [0.1, 0.15) is 0 Å². The van der Waals surface area contributed by atoms with Crippen LogP contribution in [-0.2, 0) is 0 Å². The molecule has 1 rings (SSSR count). The second-order valence-electron chi connectivity index (χ2n) is 3.82. The molecule has 0 radical (unpaired) electrons. The number of unbranched alkanes of at least 4 members (excludes halogenated alkanes) is 2. The summed E-state index contributed by atoms with van der Waals surface area (Å²) < 4.78 is 0. The van der Waals surface area contributed by atoms with Gasteiger partial charge < -0.3 is 5.11 Å². The Hall–Kier alpha value is -0.300. The van der Waals surface area contributed by atoms with Crippen LogP contribution < -0.4 is 0 Å². The van der Waals surface area contributed by atoms with Crippen molar-refractivity contribution in [1.82, 2.24) is 0 Å². The van der Waals surface area contributed by atoms with Gasteiger partial charge in [-0.1, -0.05) is 25.3 Å². The van der Waals surface area contributed by atoms with Crippen molar-refractivity contribution in [3.63, 3.8) is 0 Å². The molecule has 0 spiro atoms. The van der Waals surface area contributed by atoms with Crippen molar-refractivity contribution in [2.75, 3.05) is 0 Å². The fourth-order valence-electron chi connectivity index (χ4n) is 1.92. The first-order valence-corrected chi connectivity index (χ1v) is 5.12. The van der Waals surface area contributed by atoms with Gasteiger partial charge in [0.2, 0.25) is 0 Å². The van der Waals surface area contributed by atoms with E-state index in [4.69, 9.17) is 0 Å². The van der Waals surface area contributed by atoms with Gasteiger partial charge in [0.05, 0.1) is 6.10 Å². The Morgan fingerprint density at radius 3 is 2.67 bits per heavy atom. The minimum atomic E-state index is -0.109. The van der Waals surface area contributed by atoms with Crippen LogP contribution in [0.1, 0.15) is 52.4 Å². The van der Waals surface area contributed by atoms with Crippen molar-refractivity contribution < 1.29 is 5.11 Å². The zero-order chi connectivity index (χ0) is 8.97. The molecule has 0 fully saturated rings. The second-order valence-corrected chi connectivity index (χ2v) is 3.82. The van der Waals surface area contributed by atoms with Crippen LogP contribution in [0.25, 0.3) is 0 Å². The molecule has 0 aliphatic heterocycles. The molecule has 1 aliphatic carbocycles. The highest BCUT2D eigenvalue weighted by atomic mass is 16.3. The second kappa shape index (κ2) is 4.66. The van der Waals surface area contributed by atoms with Crippen LogP contribution in [0.15, 0.2) is 11.1 Å². The van der Waals surface area contributed by atoms with E-state index >= 15 is 0 Å². The smallest absolute Gasteiger partial charge is 0.0755 e. The number of aliphatic hydroxyl groups excluding tert-OH is 1. The van der Waals surface area contributed by atoms with Crippen LogP contribution in [0.5, 0.6) is 0 Å². The van der Waals surface area contributed by atoms with Crippen molar-refractivity contribution in [3.05, 3.63) is 11.1 Å². The molecule has 0 heterocycles. The first kappa shape index (κ1) is 9.79. The normalized spacial score (nSPS) is 23.8. The van der Waals surface area contributed by atoms with E-state index in [0.717, 1.165) is 19.3 Å². The molecule has 1 heteroatoms. The predicted octanol–water partition coefficient (Wildman–Crippen LogP) is 3.04. The SMILES string of the molecule is CCCCCC1=C(C)CC[C@H]1O. The Morgan fingerprint density at radius 2 is 2.17 bits per heavy atom. The lowest BCUT2D eigenvalue weighted by molar-refractivity contribution is 0.207. The van der Waals surface area contributed by atoms with Crippen LogP contribution in [0, 0.1) is 0 Å². The number of hydrogen-bond donors (Lipinski definition) is 1. The van der Waals surface area contributed by atoms with Crippen LogP contribution in [0.2, 0.25) is 0 Å². The molecular weight excluding hydrogens is 148 g/mol. The summed E-state index contributed by atoms with van der Waals surface area (Å²) in [5, 5.41) is 9.60. The van der Waals surface area contributed by atoms with Crippen molar-refractivity contribution in [2.24, 2.45) is 0 Å². The minimum Gasteiger partial charge on any atom is -0.389 e. The molecule has 1 aliphatic rings. The van der Waals surface area contributed by atoms with Crippen molar-refractivity contribution in [1.29, 1.82) is 0 Å². The maximum absolute atomic E-state index is 9.60. The standard InChI is InChI=1S/C11H20O/c1-3-4-5-6-10-9(2)7-8-11(10)12/h11-12H,3-8H2,1-2H3/t11-/m1/s1. The quantitative estimate of drug-likeness (QED) is 0.505. The molecule has 1 N–H and O–H groups in total. The molecular formula is C11H20O. The van der Waals surface area contributed by atoms with Crippen molar-refractivity contribution in [2.45, 2.75) is 58.5 Å². The summed E-state index contributed by atoms with van der Waals surface area (Å²) in [5.74, 6) is 0. The van der Waals surface area contributed by atoms with Crippen LogP contribution in [0.4, 0.5) is 0 Å². The zero-order valence-corrected chi connectivity index (χ0v) is 8.27. The molecule has 0 saturated heterocycles. The van der Waals surface area contributed by atoms with Crippen LogP contribution in [-0.4, -0.2) is 11.2 Å². The molecule has 0 amide bonds. The Bertz CT molecular complexity index is 170. The summed E-state index contributed by atoms with van der Waals surface area (Å²) in [4.78, 5) is 0. The van der Waals surface area contributed by atoms with E-state index in [1.807, 2.05) is 0 Å². The fraction of sp³-hybridized carbons (Fsp3) is 0.818. The van der Waals surface area contributed by atoms with Gasteiger partial charge in [-0.25, -0.2) is 0 Å². The molecule has 0 aromatic carbocycles. The van der Waals surface area contributed by atoms with Gasteiger partial charge >= 0.3 is 0 Å². The molecule has 12 heavy (non-hydrogen) atoms. The third-order valence-electron chi connectivity index (χ3n) is 2.79. The zero-order valence-electron chi connectivity index (χ0n) is 8.27. The van der Waals surface area contributed by atoms with E-state index in [1.54, 1.807) is 0 Å². The number of rotatable bonds is 4. The summed E-state index contributed by atoms with van der Waals surface area (Å²) in [7, 11) is 0. The largest absolute Gasteiger partial charge is 0.389 e. The lowest BCUT2D eigenvalue weighted by atomic mass is 10.0. The number of hydrogen-bond acceptors (Lipinski definition) is 1. The molecule has 1 nitrogen and oxygen atoms in total. The summed E-state index contributed by atoms with van der Waals surface area (Å²) in [5.41, 5.74) is 2.78. The molecule has 0 aromatic rings. The molecule has 0 aromatic heterocycles. The third kappa shape index (κ3) is 2.34. The first-order chi connectivity index (χ1) is 5.75. The van der Waals surface area contributed by atoms with Gasteiger partial charge in [-0.15, -0.1) is 0 Å². The third-order valence-corrected chi connectivity index (χ3v) is 2.79. The Kier molecular flexibility index (Phi) is 3.80. The number of aliphatic hydroxyl groups is 1. The van der Waals surface area contributed by atoms with Gasteiger partial charge in [0, 0.05) is 0 Å². The van der Waals surface area contributed by atoms with E-state index in [-0.39, 0.29) is 6.10 Å². The van der Waals surface area contributed by atoms with Gasteiger partial charge in [-0.3, -0.25) is 0 Å². The predicted molar refractivity (Wildman–Crippen MR) is 52.1 cm³/mol. The Morgan fingerprint density at radius 1 is 1.42 bits per heavy atom. The molecule has 0 unspecified atom stereocenters. The van der Waals surface area contributed by atoms with Crippen LogP contribution >= 0.6 is 0 Å². The molecule has 1 atom stereocenters. The fourth-order valence-corrected chi connectivity index (χ4v) is 1.92. The monoisotopic (exact) mass is 168 g/mol. The van der Waals surface area contributed by atoms with Gasteiger partial charge in [-0.05, 0) is 38.2 Å². The highest BCUT2D eigenvalue weighted by Crippen LogP contribution is 2.29. The van der Waals surface area contributed by atoms with E-state index in [2.05, 4.69) is 13.8 Å². The first-order valence-electron chi connectivity index (χ1n) is 5.12. The van der Waals surface area contributed by atoms with Gasteiger partial charge in [0.25, 0.3) is 0 Å². The molecule has 0 bridgehead atoms. The highest BCUT2D eigenvalue weighted by Gasteiger charge is 2.19. The van der Waals surface area contributed by atoms with Gasteiger partial charge in [0.15, 0.2) is 0 Å². The van der Waals surface area contributed by atoms with E-state index in [1.165, 1.54) is 30.4 Å². The maximum Gasteiger partial charge on any atom is 0.0755 e. The van der Waals surface area contributed by atoms with E-state index < -0.39 is 0 Å². The van der Waals surface area contributed by atoms with E-state index in [9.17, 15) is 5.11 Å². The Labute approximate surface area is 75.5 Å². The van der Waals surface area contributed by atoms with Crippen molar-refractivity contribution >= 4 is 0 Å². The average molecular weight is 168 g/mol.